The Balaban J connectivity index is 1.18. The fourth-order valence-corrected chi connectivity index (χ4v) is 9.04. The van der Waals surface area contributed by atoms with E-state index in [0.29, 0.717) is 0 Å². The van der Waals surface area contributed by atoms with E-state index in [-0.39, 0.29) is 10.8 Å². The zero-order chi connectivity index (χ0) is 33.8. The third kappa shape index (κ3) is 3.96. The first kappa shape index (κ1) is 29.1. The maximum atomic E-state index is 6.26. The van der Waals surface area contributed by atoms with Crippen LogP contribution >= 0.6 is 0 Å². The highest BCUT2D eigenvalue weighted by Gasteiger charge is 2.41. The Bertz CT molecular complexity index is 2650. The molecule has 1 heterocycles. The Labute approximate surface area is 293 Å². The molecule has 0 amide bonds. The van der Waals surface area contributed by atoms with Crippen molar-refractivity contribution in [3.05, 3.63) is 174 Å². The molecule has 1 aromatic heterocycles. The molecule has 7 aromatic carbocycles. The summed E-state index contributed by atoms with van der Waals surface area (Å²) in [5, 5.41) is 2.30. The Morgan fingerprint density at radius 1 is 0.440 bits per heavy atom. The zero-order valence-electron chi connectivity index (χ0n) is 28.8. The van der Waals surface area contributed by atoms with Gasteiger partial charge in [0, 0.05) is 32.9 Å². The van der Waals surface area contributed by atoms with Crippen molar-refractivity contribution in [3.8, 4) is 33.4 Å². The highest BCUT2D eigenvalue weighted by atomic mass is 16.3. The summed E-state index contributed by atoms with van der Waals surface area (Å²) in [6.45, 7) is 9.48. The number of benzene rings is 7. The lowest BCUT2D eigenvalue weighted by Crippen LogP contribution is -2.21. The number of fused-ring (bicyclic) bond motifs is 9. The molecule has 8 aromatic rings. The summed E-state index contributed by atoms with van der Waals surface area (Å²) in [5.74, 6) is 0. The van der Waals surface area contributed by atoms with Crippen LogP contribution in [0.15, 0.2) is 156 Å². The van der Waals surface area contributed by atoms with Gasteiger partial charge in [0.25, 0.3) is 0 Å². The van der Waals surface area contributed by atoms with Gasteiger partial charge in [-0.2, -0.15) is 0 Å². The Morgan fingerprint density at radius 2 is 1.04 bits per heavy atom. The van der Waals surface area contributed by atoms with Gasteiger partial charge in [-0.3, -0.25) is 0 Å². The number of hydrogen-bond acceptors (Lipinski definition) is 2. The summed E-state index contributed by atoms with van der Waals surface area (Å²) < 4.78 is 6.26. The second-order valence-electron chi connectivity index (χ2n) is 14.9. The second kappa shape index (κ2) is 10.3. The highest BCUT2D eigenvalue weighted by Crippen LogP contribution is 2.58. The Hall–Kier alpha value is -5.86. The summed E-state index contributed by atoms with van der Waals surface area (Å²) >= 11 is 0. The van der Waals surface area contributed by atoms with Crippen molar-refractivity contribution in [2.24, 2.45) is 0 Å². The van der Waals surface area contributed by atoms with Crippen molar-refractivity contribution < 1.29 is 4.42 Å². The molecule has 0 N–H and O–H groups in total. The van der Waals surface area contributed by atoms with Crippen molar-refractivity contribution in [2.75, 3.05) is 4.90 Å². The smallest absolute Gasteiger partial charge is 0.136 e. The van der Waals surface area contributed by atoms with Crippen LogP contribution < -0.4 is 4.90 Å². The lowest BCUT2D eigenvalue weighted by atomic mass is 9.81. The maximum absolute atomic E-state index is 6.26. The highest BCUT2D eigenvalue weighted by molar-refractivity contribution is 6.06. The monoisotopic (exact) mass is 643 g/mol. The van der Waals surface area contributed by atoms with Gasteiger partial charge in [0.05, 0.1) is 11.4 Å². The molecule has 0 atom stereocenters. The quantitative estimate of drug-likeness (QED) is 0.190. The lowest BCUT2D eigenvalue weighted by molar-refractivity contribution is 0.659. The van der Waals surface area contributed by atoms with Crippen molar-refractivity contribution in [2.45, 2.75) is 38.5 Å². The molecule has 50 heavy (non-hydrogen) atoms. The van der Waals surface area contributed by atoms with Crippen LogP contribution in [0.1, 0.15) is 49.9 Å². The minimum absolute atomic E-state index is 0.0963. The number of furan rings is 1. The van der Waals surface area contributed by atoms with Crippen molar-refractivity contribution in [3.63, 3.8) is 0 Å². The van der Waals surface area contributed by atoms with Gasteiger partial charge >= 0.3 is 0 Å². The van der Waals surface area contributed by atoms with Crippen LogP contribution in [-0.2, 0) is 10.8 Å². The van der Waals surface area contributed by atoms with Crippen LogP contribution in [0.25, 0.3) is 55.3 Å². The van der Waals surface area contributed by atoms with Crippen LogP contribution in [-0.4, -0.2) is 0 Å². The molecule has 0 spiro atoms. The molecule has 0 aliphatic heterocycles. The first-order chi connectivity index (χ1) is 24.3. The second-order valence-corrected chi connectivity index (χ2v) is 14.9. The molecule has 10 rings (SSSR count). The topological polar surface area (TPSA) is 16.4 Å². The van der Waals surface area contributed by atoms with E-state index in [1.807, 2.05) is 12.1 Å². The Kier molecular flexibility index (Phi) is 6.01. The molecule has 2 nitrogen and oxygen atoms in total. The largest absolute Gasteiger partial charge is 0.456 e. The molecule has 0 fully saturated rings. The van der Waals surface area contributed by atoms with Crippen molar-refractivity contribution >= 4 is 39.0 Å². The minimum Gasteiger partial charge on any atom is -0.456 e. The van der Waals surface area contributed by atoms with E-state index in [4.69, 9.17) is 4.42 Å². The summed E-state index contributed by atoms with van der Waals surface area (Å²) in [6.07, 6.45) is 0. The van der Waals surface area contributed by atoms with Crippen LogP contribution in [0.5, 0.6) is 0 Å². The standard InChI is InChI=1S/C48H37NO/c1-47(2)39-18-9-6-15-37(39)45-40(47)19-12-20-41(45)49(42-21-11-16-36-33-13-5-8-17-38(33)48(3,4)46(36)42)32-26-23-30(24-27-32)31-25-28-35-34-14-7-10-22-43(34)50-44(35)29-31/h5-29H,1-4H3. The van der Waals surface area contributed by atoms with Gasteiger partial charge in [-0.1, -0.05) is 137 Å². The van der Waals surface area contributed by atoms with E-state index in [2.05, 4.69) is 172 Å². The number of anilines is 3. The number of rotatable bonds is 4. The third-order valence-electron chi connectivity index (χ3n) is 11.5. The van der Waals surface area contributed by atoms with Crippen LogP contribution in [0.4, 0.5) is 17.1 Å². The van der Waals surface area contributed by atoms with Gasteiger partial charge in [0.2, 0.25) is 0 Å². The maximum Gasteiger partial charge on any atom is 0.136 e. The lowest BCUT2D eigenvalue weighted by Gasteiger charge is -2.33. The number of nitrogens with zero attached hydrogens (tertiary/aromatic N) is 1. The first-order valence-electron chi connectivity index (χ1n) is 17.6. The predicted molar refractivity (Wildman–Crippen MR) is 209 cm³/mol. The molecule has 0 unspecified atom stereocenters. The average molecular weight is 644 g/mol. The van der Waals surface area contributed by atoms with E-state index in [9.17, 15) is 0 Å². The molecular formula is C48H37NO. The molecule has 2 heteroatoms. The van der Waals surface area contributed by atoms with Crippen LogP contribution in [0.3, 0.4) is 0 Å². The normalized spacial score (nSPS) is 14.7. The van der Waals surface area contributed by atoms with Gasteiger partial charge < -0.3 is 9.32 Å². The number of para-hydroxylation sites is 1. The molecule has 2 aliphatic rings. The van der Waals surface area contributed by atoms with Crippen molar-refractivity contribution in [1.29, 1.82) is 0 Å². The van der Waals surface area contributed by atoms with Gasteiger partial charge in [0.15, 0.2) is 0 Å². The first-order valence-corrected chi connectivity index (χ1v) is 17.6. The molecule has 0 radical (unpaired) electrons. The van der Waals surface area contributed by atoms with Crippen LogP contribution in [0, 0.1) is 0 Å². The fourth-order valence-electron chi connectivity index (χ4n) is 9.04. The van der Waals surface area contributed by atoms with E-state index >= 15 is 0 Å². The van der Waals surface area contributed by atoms with Gasteiger partial charge in [-0.25, -0.2) is 0 Å². The van der Waals surface area contributed by atoms with E-state index in [0.717, 1.165) is 38.8 Å². The summed E-state index contributed by atoms with van der Waals surface area (Å²) in [5.41, 5.74) is 18.2. The molecular weight excluding hydrogens is 607 g/mol. The average Bonchev–Trinajstić information content (AvgIpc) is 3.72. The summed E-state index contributed by atoms with van der Waals surface area (Å²) in [7, 11) is 0. The van der Waals surface area contributed by atoms with E-state index in [1.165, 1.54) is 55.9 Å². The SMILES string of the molecule is CC1(C)c2ccccc2-c2c(N(c3ccc(-c4ccc5c(c4)oc4ccccc45)cc3)c3cccc4c3C(C)(C)c3ccccc3-4)cccc21. The number of hydrogen-bond donors (Lipinski definition) is 0. The fraction of sp³-hybridized carbons (Fsp3) is 0.125. The summed E-state index contributed by atoms with van der Waals surface area (Å²) in [4.78, 5) is 2.52. The van der Waals surface area contributed by atoms with Gasteiger partial charge in [0.1, 0.15) is 11.2 Å². The van der Waals surface area contributed by atoms with Crippen molar-refractivity contribution in [1.82, 2.24) is 0 Å². The van der Waals surface area contributed by atoms with E-state index < -0.39 is 0 Å². The summed E-state index contributed by atoms with van der Waals surface area (Å²) in [6, 6.07) is 55.6. The van der Waals surface area contributed by atoms with Gasteiger partial charge in [-0.05, 0) is 92.5 Å². The molecule has 240 valence electrons. The Morgan fingerprint density at radius 3 is 1.86 bits per heavy atom. The van der Waals surface area contributed by atoms with Gasteiger partial charge in [-0.15, -0.1) is 0 Å². The molecule has 0 bridgehead atoms. The minimum atomic E-state index is -0.169. The van der Waals surface area contributed by atoms with Crippen LogP contribution in [0.2, 0.25) is 0 Å². The predicted octanol–water partition coefficient (Wildman–Crippen LogP) is 13.3. The molecule has 0 saturated heterocycles. The molecule has 0 saturated carbocycles. The molecule has 2 aliphatic carbocycles. The van der Waals surface area contributed by atoms with E-state index in [1.54, 1.807) is 0 Å². The third-order valence-corrected chi connectivity index (χ3v) is 11.5. The zero-order valence-corrected chi connectivity index (χ0v) is 28.8.